The lowest BCUT2D eigenvalue weighted by molar-refractivity contribution is -0.127. The van der Waals surface area contributed by atoms with Gasteiger partial charge >= 0.3 is 0 Å². The molecule has 0 saturated heterocycles. The summed E-state index contributed by atoms with van der Waals surface area (Å²) in [5.74, 6) is -0.438. The fourth-order valence-electron chi connectivity index (χ4n) is 1.72. The number of nitrogens with two attached hydrogens (primary N) is 1. The zero-order valence-corrected chi connectivity index (χ0v) is 11.4. The Balaban J connectivity index is 3.42. The van der Waals surface area contributed by atoms with E-state index in [0.29, 0.717) is 0 Å². The van der Waals surface area contributed by atoms with E-state index in [1.807, 2.05) is 27.7 Å². The van der Waals surface area contributed by atoms with Crippen LogP contribution in [0.25, 0.3) is 0 Å². The molecular formula is C12H20N4O2. The third kappa shape index (κ3) is 2.10. The molecule has 1 amide bonds. The minimum absolute atomic E-state index is 0.121. The van der Waals surface area contributed by atoms with Crippen molar-refractivity contribution in [1.29, 1.82) is 0 Å². The number of oxime groups is 1. The highest BCUT2D eigenvalue weighted by Crippen LogP contribution is 2.39. The van der Waals surface area contributed by atoms with Crippen molar-refractivity contribution in [3.8, 4) is 0 Å². The van der Waals surface area contributed by atoms with Crippen LogP contribution >= 0.6 is 0 Å². The summed E-state index contributed by atoms with van der Waals surface area (Å²) >= 11 is 0. The third-order valence-electron chi connectivity index (χ3n) is 3.47. The van der Waals surface area contributed by atoms with Gasteiger partial charge in [-0.25, -0.2) is 4.68 Å². The van der Waals surface area contributed by atoms with Crippen LogP contribution in [-0.4, -0.2) is 26.7 Å². The number of carbonyl (C=O) groups is 1. The average molecular weight is 252 g/mol. The maximum absolute atomic E-state index is 11.8. The first-order chi connectivity index (χ1) is 8.14. The fraction of sp³-hybridized carbons (Fsp3) is 0.583. The van der Waals surface area contributed by atoms with E-state index in [2.05, 4.69) is 10.3 Å². The van der Waals surface area contributed by atoms with Gasteiger partial charge in [-0.2, -0.15) is 5.10 Å². The van der Waals surface area contributed by atoms with Crippen LogP contribution in [0.15, 0.2) is 17.4 Å². The Morgan fingerprint density at radius 1 is 1.44 bits per heavy atom. The van der Waals surface area contributed by atoms with Crippen molar-refractivity contribution in [2.45, 2.75) is 34.6 Å². The van der Waals surface area contributed by atoms with Crippen molar-refractivity contribution >= 4 is 11.7 Å². The minimum atomic E-state index is -1.14. The number of aryl methyl sites for hydroxylation is 1. The quantitative estimate of drug-likeness (QED) is 0.360. The van der Waals surface area contributed by atoms with Crippen LogP contribution in [0.2, 0.25) is 0 Å². The topological polar surface area (TPSA) is 93.5 Å². The standard InChI is InChI=1S/C12H20N4O2/c1-8-6-7-16(14-8)10(15-18)12(5,9(13)17)11(2,3)4/h6-7,18H,1-5H3,(H2,13,17). The molecule has 0 spiro atoms. The monoisotopic (exact) mass is 252 g/mol. The zero-order chi connectivity index (χ0) is 14.1. The summed E-state index contributed by atoms with van der Waals surface area (Å²) in [6.45, 7) is 9.05. The summed E-state index contributed by atoms with van der Waals surface area (Å²) < 4.78 is 1.38. The average Bonchev–Trinajstić information content (AvgIpc) is 2.63. The van der Waals surface area contributed by atoms with Gasteiger partial charge in [0.15, 0.2) is 5.84 Å². The van der Waals surface area contributed by atoms with E-state index in [0.717, 1.165) is 5.69 Å². The first-order valence-corrected chi connectivity index (χ1v) is 5.69. The highest BCUT2D eigenvalue weighted by Gasteiger charge is 2.49. The molecular weight excluding hydrogens is 232 g/mol. The summed E-state index contributed by atoms with van der Waals surface area (Å²) in [6, 6.07) is 1.76. The Kier molecular flexibility index (Phi) is 3.50. The van der Waals surface area contributed by atoms with Crippen molar-refractivity contribution in [2.24, 2.45) is 21.7 Å². The molecule has 1 aromatic rings. The molecule has 6 nitrogen and oxygen atoms in total. The molecule has 0 radical (unpaired) electrons. The summed E-state index contributed by atoms with van der Waals surface area (Å²) in [6.07, 6.45) is 1.64. The third-order valence-corrected chi connectivity index (χ3v) is 3.47. The predicted octanol–water partition coefficient (Wildman–Crippen LogP) is 1.37. The normalized spacial score (nSPS) is 16.4. The van der Waals surface area contributed by atoms with Gasteiger partial charge in [0.25, 0.3) is 0 Å². The van der Waals surface area contributed by atoms with Crippen molar-refractivity contribution in [3.63, 3.8) is 0 Å². The Labute approximate surface area is 106 Å². The van der Waals surface area contributed by atoms with Crippen LogP contribution in [0.3, 0.4) is 0 Å². The van der Waals surface area contributed by atoms with Crippen LogP contribution in [0, 0.1) is 17.8 Å². The molecule has 18 heavy (non-hydrogen) atoms. The minimum Gasteiger partial charge on any atom is -0.409 e. The smallest absolute Gasteiger partial charge is 0.231 e. The summed E-state index contributed by atoms with van der Waals surface area (Å²) in [5.41, 5.74) is 4.61. The molecule has 0 aliphatic heterocycles. The van der Waals surface area contributed by atoms with Crippen LogP contribution in [0.5, 0.6) is 0 Å². The number of hydrogen-bond acceptors (Lipinski definition) is 4. The van der Waals surface area contributed by atoms with Crippen LogP contribution in [-0.2, 0) is 4.79 Å². The lowest BCUT2D eigenvalue weighted by Crippen LogP contribution is -2.53. The van der Waals surface area contributed by atoms with Gasteiger partial charge in [-0.05, 0) is 25.3 Å². The van der Waals surface area contributed by atoms with E-state index in [1.165, 1.54) is 4.68 Å². The molecule has 0 fully saturated rings. The molecule has 0 aliphatic carbocycles. The van der Waals surface area contributed by atoms with Crippen LogP contribution < -0.4 is 5.73 Å². The molecule has 1 heterocycles. The summed E-state index contributed by atoms with van der Waals surface area (Å²) in [5, 5.41) is 16.7. The number of nitrogens with zero attached hydrogens (tertiary/aromatic N) is 3. The molecule has 0 aliphatic rings. The highest BCUT2D eigenvalue weighted by atomic mass is 16.4. The van der Waals surface area contributed by atoms with Gasteiger partial charge in [0.1, 0.15) is 5.41 Å². The Bertz CT molecular complexity index is 485. The zero-order valence-electron chi connectivity index (χ0n) is 11.4. The molecule has 1 unspecified atom stereocenters. The maximum Gasteiger partial charge on any atom is 0.231 e. The van der Waals surface area contributed by atoms with E-state index in [9.17, 15) is 10.0 Å². The Hall–Kier alpha value is -1.85. The molecule has 1 rings (SSSR count). The van der Waals surface area contributed by atoms with E-state index >= 15 is 0 Å². The lowest BCUT2D eigenvalue weighted by atomic mass is 9.66. The predicted molar refractivity (Wildman–Crippen MR) is 68.3 cm³/mol. The Morgan fingerprint density at radius 3 is 2.28 bits per heavy atom. The number of rotatable bonds is 2. The maximum atomic E-state index is 11.8. The number of amides is 1. The van der Waals surface area contributed by atoms with Gasteiger partial charge in [0, 0.05) is 6.20 Å². The van der Waals surface area contributed by atoms with Gasteiger partial charge in [0.2, 0.25) is 5.91 Å². The van der Waals surface area contributed by atoms with Crippen molar-refractivity contribution < 1.29 is 10.0 Å². The molecule has 100 valence electrons. The SMILES string of the molecule is Cc1ccn(C(=NO)C(C)(C(N)=O)C(C)(C)C)n1. The Morgan fingerprint density at radius 2 is 2.00 bits per heavy atom. The summed E-state index contributed by atoms with van der Waals surface area (Å²) in [4.78, 5) is 11.8. The highest BCUT2D eigenvalue weighted by molar-refractivity contribution is 6.07. The van der Waals surface area contributed by atoms with E-state index in [-0.39, 0.29) is 5.84 Å². The second-order valence-electron chi connectivity index (χ2n) is 5.56. The van der Waals surface area contributed by atoms with Crippen molar-refractivity contribution in [2.75, 3.05) is 0 Å². The van der Waals surface area contributed by atoms with Crippen molar-refractivity contribution in [3.05, 3.63) is 18.0 Å². The fourth-order valence-corrected chi connectivity index (χ4v) is 1.72. The first-order valence-electron chi connectivity index (χ1n) is 5.69. The second kappa shape index (κ2) is 4.44. The number of hydrogen-bond donors (Lipinski definition) is 2. The number of primary amides is 1. The molecule has 3 N–H and O–H groups in total. The number of carbonyl (C=O) groups excluding carboxylic acids is 1. The van der Waals surface area contributed by atoms with Crippen LogP contribution in [0.1, 0.15) is 33.4 Å². The molecule has 1 atom stereocenters. The molecule has 0 aromatic carbocycles. The van der Waals surface area contributed by atoms with Crippen LogP contribution in [0.4, 0.5) is 0 Å². The second-order valence-corrected chi connectivity index (χ2v) is 5.56. The van der Waals surface area contributed by atoms with Gasteiger partial charge in [0.05, 0.1) is 5.69 Å². The van der Waals surface area contributed by atoms with Gasteiger partial charge in [-0.15, -0.1) is 0 Å². The van der Waals surface area contributed by atoms with Crippen molar-refractivity contribution in [1.82, 2.24) is 9.78 Å². The van der Waals surface area contributed by atoms with E-state index < -0.39 is 16.7 Å². The van der Waals surface area contributed by atoms with E-state index in [1.54, 1.807) is 19.2 Å². The molecule has 0 bridgehead atoms. The molecule has 1 aromatic heterocycles. The van der Waals surface area contributed by atoms with Gasteiger partial charge in [-0.1, -0.05) is 25.9 Å². The number of aromatic nitrogens is 2. The molecule has 0 saturated carbocycles. The first kappa shape index (κ1) is 14.2. The van der Waals surface area contributed by atoms with Gasteiger partial charge < -0.3 is 10.9 Å². The van der Waals surface area contributed by atoms with E-state index in [4.69, 9.17) is 5.73 Å². The lowest BCUT2D eigenvalue weighted by Gasteiger charge is -2.38. The molecule has 6 heteroatoms. The largest absolute Gasteiger partial charge is 0.409 e. The van der Waals surface area contributed by atoms with Gasteiger partial charge in [-0.3, -0.25) is 4.79 Å². The summed E-state index contributed by atoms with van der Waals surface area (Å²) in [7, 11) is 0.